The lowest BCUT2D eigenvalue weighted by Gasteiger charge is -2.44. The zero-order valence-electron chi connectivity index (χ0n) is 15.7. The smallest absolute Gasteiger partial charge is 0.270 e. The third-order valence-corrected chi connectivity index (χ3v) is 7.76. The van der Waals surface area contributed by atoms with Crippen molar-refractivity contribution in [2.45, 2.75) is 28.7 Å². The first-order valence-electron chi connectivity index (χ1n) is 9.73. The molecule has 2 bridgehead atoms. The van der Waals surface area contributed by atoms with Crippen molar-refractivity contribution in [3.63, 3.8) is 0 Å². The van der Waals surface area contributed by atoms with Gasteiger partial charge in [0.25, 0.3) is 5.91 Å². The van der Waals surface area contributed by atoms with Crippen molar-refractivity contribution in [3.8, 4) is 0 Å². The lowest BCUT2D eigenvalue weighted by molar-refractivity contribution is 0.0618. The summed E-state index contributed by atoms with van der Waals surface area (Å²) in [6.07, 6.45) is 4.81. The summed E-state index contributed by atoms with van der Waals surface area (Å²) in [4.78, 5) is 19.6. The van der Waals surface area contributed by atoms with E-state index in [-0.39, 0.29) is 27.4 Å². The van der Waals surface area contributed by atoms with Crippen molar-refractivity contribution < 1.29 is 17.6 Å². The van der Waals surface area contributed by atoms with Crippen LogP contribution in [0.5, 0.6) is 0 Å². The van der Waals surface area contributed by atoms with Gasteiger partial charge < -0.3 is 14.6 Å². The molecular weight excluding hydrogens is 390 g/mol. The lowest BCUT2D eigenvalue weighted by Crippen LogP contribution is -2.57. The van der Waals surface area contributed by atoms with Gasteiger partial charge >= 0.3 is 0 Å². The average molecular weight is 411 g/mol. The summed E-state index contributed by atoms with van der Waals surface area (Å²) in [5.74, 6) is 0.213. The summed E-state index contributed by atoms with van der Waals surface area (Å²) >= 11 is 0. The van der Waals surface area contributed by atoms with Crippen LogP contribution >= 0.6 is 0 Å². The van der Waals surface area contributed by atoms with Crippen molar-refractivity contribution in [2.24, 2.45) is 5.92 Å². The van der Waals surface area contributed by atoms with Crippen LogP contribution in [0.3, 0.4) is 0 Å². The number of carbonyl (C=O) groups excluding carboxylic acids is 1. The number of hydrogen-bond acceptors (Lipinski definition) is 6. The summed E-state index contributed by atoms with van der Waals surface area (Å²) in [6.45, 7) is 3.05. The van der Waals surface area contributed by atoms with Crippen molar-refractivity contribution in [1.82, 2.24) is 15.2 Å². The molecule has 8 heteroatoms. The maximum Gasteiger partial charge on any atom is 0.270 e. The van der Waals surface area contributed by atoms with Crippen LogP contribution in [-0.4, -0.2) is 49.9 Å². The van der Waals surface area contributed by atoms with Gasteiger partial charge in [0.05, 0.1) is 11.1 Å². The van der Waals surface area contributed by atoms with Gasteiger partial charge in [-0.2, -0.15) is 0 Å². The Hall–Kier alpha value is -2.71. The van der Waals surface area contributed by atoms with E-state index in [0.29, 0.717) is 16.9 Å². The Morgan fingerprint density at radius 3 is 2.62 bits per heavy atom. The van der Waals surface area contributed by atoms with Crippen LogP contribution in [0.1, 0.15) is 23.3 Å². The number of pyridine rings is 1. The zero-order valence-corrected chi connectivity index (χ0v) is 16.6. The van der Waals surface area contributed by atoms with E-state index in [1.54, 1.807) is 18.2 Å². The van der Waals surface area contributed by atoms with E-state index in [2.05, 4.69) is 15.2 Å². The maximum atomic E-state index is 13.0. The van der Waals surface area contributed by atoms with E-state index in [0.717, 1.165) is 32.5 Å². The summed E-state index contributed by atoms with van der Waals surface area (Å²) in [5.41, 5.74) is 0.527. The molecule has 150 valence electrons. The standard InChI is InChI=1S/C21H21N3O4S/c25-21(23-18-12-24-8-6-14(18)7-9-24)17-10-16-19(11-22-17)28-13-20(16)29(26,27)15-4-2-1-3-5-15/h1-5,10-11,13-14,18H,6-9,12H2,(H,23,25). The van der Waals surface area contributed by atoms with Gasteiger partial charge in [-0.05, 0) is 50.0 Å². The first-order chi connectivity index (χ1) is 14.0. The molecular formula is C21H21N3O4S. The Morgan fingerprint density at radius 2 is 1.93 bits per heavy atom. The van der Waals surface area contributed by atoms with Crippen LogP contribution in [0.2, 0.25) is 0 Å². The number of piperidine rings is 3. The quantitative estimate of drug-likeness (QED) is 0.709. The predicted molar refractivity (Wildman–Crippen MR) is 106 cm³/mol. The van der Waals surface area contributed by atoms with Crippen molar-refractivity contribution in [2.75, 3.05) is 19.6 Å². The van der Waals surface area contributed by atoms with E-state index in [4.69, 9.17) is 4.42 Å². The molecule has 0 saturated carbocycles. The SMILES string of the molecule is O=C(NC1CN2CCC1CC2)c1cc2c(S(=O)(=O)c3ccccc3)coc2cn1. The molecule has 3 aliphatic heterocycles. The molecule has 1 unspecified atom stereocenters. The second kappa shape index (κ2) is 6.96. The summed E-state index contributed by atoms with van der Waals surface area (Å²) in [6, 6.07) is 9.79. The zero-order chi connectivity index (χ0) is 20.0. The molecule has 3 fully saturated rings. The number of rotatable bonds is 4. The molecule has 6 rings (SSSR count). The average Bonchev–Trinajstić information content (AvgIpc) is 3.19. The molecule has 1 atom stereocenters. The minimum Gasteiger partial charge on any atom is -0.461 e. The van der Waals surface area contributed by atoms with Gasteiger partial charge in [0, 0.05) is 18.0 Å². The number of hydrogen-bond donors (Lipinski definition) is 1. The normalized spacial score (nSPS) is 23.9. The minimum absolute atomic E-state index is 0.0398. The first kappa shape index (κ1) is 18.3. The van der Waals surface area contributed by atoms with Crippen LogP contribution in [0.25, 0.3) is 11.0 Å². The van der Waals surface area contributed by atoms with Crippen molar-refractivity contribution >= 4 is 26.7 Å². The van der Waals surface area contributed by atoms with E-state index in [1.807, 2.05) is 0 Å². The number of carbonyl (C=O) groups is 1. The Bertz CT molecular complexity index is 1170. The summed E-state index contributed by atoms with van der Waals surface area (Å²) < 4.78 is 31.4. The number of benzene rings is 1. The Morgan fingerprint density at radius 1 is 1.17 bits per heavy atom. The van der Waals surface area contributed by atoms with Gasteiger partial charge in [-0.3, -0.25) is 4.79 Å². The van der Waals surface area contributed by atoms with Crippen LogP contribution in [0, 0.1) is 5.92 Å². The van der Waals surface area contributed by atoms with Gasteiger partial charge in [-0.1, -0.05) is 18.2 Å². The highest BCUT2D eigenvalue weighted by atomic mass is 32.2. The number of furan rings is 1. The third-order valence-electron chi connectivity index (χ3n) is 5.97. The molecule has 5 heterocycles. The molecule has 3 aliphatic rings. The Kier molecular flexibility index (Phi) is 4.40. The molecule has 1 aromatic carbocycles. The molecule has 2 aromatic heterocycles. The second-order valence-corrected chi connectivity index (χ2v) is 9.62. The molecule has 7 nitrogen and oxygen atoms in total. The monoisotopic (exact) mass is 411 g/mol. The third kappa shape index (κ3) is 3.22. The number of nitrogens with zero attached hydrogens (tertiary/aromatic N) is 2. The van der Waals surface area contributed by atoms with E-state index in [1.165, 1.54) is 30.7 Å². The Balaban J connectivity index is 1.46. The van der Waals surface area contributed by atoms with Gasteiger partial charge in [0.15, 0.2) is 5.58 Å². The molecule has 3 saturated heterocycles. The molecule has 3 aromatic rings. The number of nitrogens with one attached hydrogen (secondary N) is 1. The van der Waals surface area contributed by atoms with Crippen LogP contribution < -0.4 is 5.32 Å². The van der Waals surface area contributed by atoms with Crippen LogP contribution in [0.15, 0.2) is 63.1 Å². The van der Waals surface area contributed by atoms with E-state index < -0.39 is 9.84 Å². The van der Waals surface area contributed by atoms with Crippen LogP contribution in [-0.2, 0) is 9.84 Å². The minimum atomic E-state index is -3.76. The summed E-state index contributed by atoms with van der Waals surface area (Å²) in [5, 5.41) is 3.45. The first-order valence-corrected chi connectivity index (χ1v) is 11.2. The Labute approximate surface area is 168 Å². The van der Waals surface area contributed by atoms with E-state index >= 15 is 0 Å². The lowest BCUT2D eigenvalue weighted by atomic mass is 9.84. The largest absolute Gasteiger partial charge is 0.461 e. The number of fused-ring (bicyclic) bond motifs is 4. The molecule has 0 spiro atoms. The van der Waals surface area contributed by atoms with Gasteiger partial charge in [-0.25, -0.2) is 13.4 Å². The highest BCUT2D eigenvalue weighted by Crippen LogP contribution is 2.31. The number of sulfone groups is 1. The summed E-state index contributed by atoms with van der Waals surface area (Å²) in [7, 11) is -3.76. The van der Waals surface area contributed by atoms with E-state index in [9.17, 15) is 13.2 Å². The topological polar surface area (TPSA) is 92.5 Å². The molecule has 0 aliphatic carbocycles. The van der Waals surface area contributed by atoms with Gasteiger partial charge in [0.1, 0.15) is 16.9 Å². The highest BCUT2D eigenvalue weighted by molar-refractivity contribution is 7.91. The van der Waals surface area contributed by atoms with Crippen LogP contribution in [0.4, 0.5) is 0 Å². The molecule has 1 N–H and O–H groups in total. The maximum absolute atomic E-state index is 13.0. The fraction of sp³-hybridized carbons (Fsp3) is 0.333. The number of amides is 1. The molecule has 0 radical (unpaired) electrons. The highest BCUT2D eigenvalue weighted by Gasteiger charge is 2.35. The van der Waals surface area contributed by atoms with Gasteiger partial charge in [-0.15, -0.1) is 0 Å². The van der Waals surface area contributed by atoms with Crippen molar-refractivity contribution in [3.05, 3.63) is 54.6 Å². The second-order valence-electron chi connectivity index (χ2n) is 7.70. The molecule has 29 heavy (non-hydrogen) atoms. The van der Waals surface area contributed by atoms with Gasteiger partial charge in [0.2, 0.25) is 9.84 Å². The molecule has 1 amide bonds. The fourth-order valence-corrected chi connectivity index (χ4v) is 5.73. The number of aromatic nitrogens is 1. The predicted octanol–water partition coefficient (Wildman–Crippen LogP) is 2.48. The van der Waals surface area contributed by atoms with Crippen molar-refractivity contribution in [1.29, 1.82) is 0 Å². The fourth-order valence-electron chi connectivity index (χ4n) is 4.34.